The van der Waals surface area contributed by atoms with E-state index in [0.29, 0.717) is 0 Å². The smallest absolute Gasteiger partial charge is 0.116 e. The van der Waals surface area contributed by atoms with Gasteiger partial charge in [0.2, 0.25) is 0 Å². The van der Waals surface area contributed by atoms with Crippen LogP contribution in [0.4, 0.5) is 0 Å². The zero-order valence-electron chi connectivity index (χ0n) is 16.4. The maximum Gasteiger partial charge on any atom is 0.116 e. The Morgan fingerprint density at radius 1 is 0.433 bits per heavy atom. The molecule has 0 spiro atoms. The maximum absolute atomic E-state index is 10.1. The summed E-state index contributed by atoms with van der Waals surface area (Å²) in [6, 6.07) is 30.7. The van der Waals surface area contributed by atoms with E-state index in [-0.39, 0.29) is 11.5 Å². The van der Waals surface area contributed by atoms with Crippen LogP contribution in [0.1, 0.15) is 22.3 Å². The van der Waals surface area contributed by atoms with E-state index in [4.69, 9.17) is 0 Å². The SMILES string of the molecule is Oc1ccc(C=Cc2ccccc2)c(-c2cc(O)ccc2C=Cc2ccccc2)c1. The van der Waals surface area contributed by atoms with Gasteiger partial charge in [-0.25, -0.2) is 0 Å². The van der Waals surface area contributed by atoms with Crippen LogP contribution in [0.2, 0.25) is 0 Å². The molecule has 0 unspecified atom stereocenters. The molecule has 0 bridgehead atoms. The minimum Gasteiger partial charge on any atom is -0.508 e. The molecule has 0 aliphatic carbocycles. The molecule has 4 aromatic rings. The molecule has 30 heavy (non-hydrogen) atoms. The Hall–Kier alpha value is -4.04. The Balaban J connectivity index is 1.78. The summed E-state index contributed by atoms with van der Waals surface area (Å²) in [6.07, 6.45) is 8.13. The summed E-state index contributed by atoms with van der Waals surface area (Å²) in [5, 5.41) is 20.3. The standard InChI is InChI=1S/C28H22O2/c29-25-17-15-23(13-11-21-7-3-1-4-8-21)27(19-25)28-20-26(30)18-16-24(28)14-12-22-9-5-2-6-10-22/h1-20,29-30H. The van der Waals surface area contributed by atoms with E-state index < -0.39 is 0 Å². The molecule has 0 aliphatic rings. The average molecular weight is 390 g/mol. The summed E-state index contributed by atoms with van der Waals surface area (Å²) in [5.41, 5.74) is 5.80. The van der Waals surface area contributed by atoms with Gasteiger partial charge in [0.25, 0.3) is 0 Å². The number of hydrogen-bond donors (Lipinski definition) is 2. The molecular formula is C28H22O2. The Labute approximate surface area is 176 Å². The fourth-order valence-corrected chi connectivity index (χ4v) is 3.35. The highest BCUT2D eigenvalue weighted by Crippen LogP contribution is 2.34. The van der Waals surface area contributed by atoms with Gasteiger partial charge in [-0.05, 0) is 57.6 Å². The summed E-state index contributed by atoms with van der Waals surface area (Å²) in [4.78, 5) is 0. The molecule has 2 nitrogen and oxygen atoms in total. The zero-order valence-corrected chi connectivity index (χ0v) is 16.4. The lowest BCUT2D eigenvalue weighted by Gasteiger charge is -2.12. The van der Waals surface area contributed by atoms with Gasteiger partial charge >= 0.3 is 0 Å². The molecule has 146 valence electrons. The predicted molar refractivity (Wildman–Crippen MR) is 126 cm³/mol. The third kappa shape index (κ3) is 4.68. The van der Waals surface area contributed by atoms with Crippen molar-refractivity contribution in [2.45, 2.75) is 0 Å². The van der Waals surface area contributed by atoms with Crippen molar-refractivity contribution in [3.63, 3.8) is 0 Å². The molecule has 0 saturated carbocycles. The van der Waals surface area contributed by atoms with Gasteiger partial charge in [0.05, 0.1) is 0 Å². The van der Waals surface area contributed by atoms with Crippen LogP contribution >= 0.6 is 0 Å². The third-order valence-corrected chi connectivity index (χ3v) is 4.87. The first-order valence-corrected chi connectivity index (χ1v) is 9.82. The Kier molecular flexibility index (Phi) is 5.77. The van der Waals surface area contributed by atoms with Gasteiger partial charge in [0, 0.05) is 0 Å². The number of phenols is 2. The van der Waals surface area contributed by atoms with Crippen molar-refractivity contribution in [3.8, 4) is 22.6 Å². The van der Waals surface area contributed by atoms with Gasteiger partial charge in [0.1, 0.15) is 11.5 Å². The molecule has 4 rings (SSSR count). The van der Waals surface area contributed by atoms with Gasteiger partial charge in [-0.15, -0.1) is 0 Å². The van der Waals surface area contributed by atoms with Crippen LogP contribution in [-0.2, 0) is 0 Å². The highest BCUT2D eigenvalue weighted by atomic mass is 16.3. The second-order valence-electron chi connectivity index (χ2n) is 7.03. The highest BCUT2D eigenvalue weighted by Gasteiger charge is 2.10. The van der Waals surface area contributed by atoms with Crippen LogP contribution in [0.25, 0.3) is 35.4 Å². The van der Waals surface area contributed by atoms with Crippen molar-refractivity contribution in [1.82, 2.24) is 0 Å². The van der Waals surface area contributed by atoms with Crippen molar-refractivity contribution in [1.29, 1.82) is 0 Å². The number of hydrogen-bond acceptors (Lipinski definition) is 2. The van der Waals surface area contributed by atoms with Crippen LogP contribution in [0.5, 0.6) is 11.5 Å². The summed E-state index contributed by atoms with van der Waals surface area (Å²) in [5.74, 6) is 0.367. The van der Waals surface area contributed by atoms with Crippen molar-refractivity contribution in [2.75, 3.05) is 0 Å². The maximum atomic E-state index is 10.1. The number of benzene rings is 4. The van der Waals surface area contributed by atoms with E-state index in [2.05, 4.69) is 0 Å². The van der Waals surface area contributed by atoms with Crippen LogP contribution in [-0.4, -0.2) is 10.2 Å². The van der Waals surface area contributed by atoms with Gasteiger partial charge in [-0.2, -0.15) is 0 Å². The minimum atomic E-state index is 0.184. The second-order valence-corrected chi connectivity index (χ2v) is 7.03. The lowest BCUT2D eigenvalue weighted by Crippen LogP contribution is -1.88. The summed E-state index contributed by atoms with van der Waals surface area (Å²) in [6.45, 7) is 0. The van der Waals surface area contributed by atoms with E-state index in [0.717, 1.165) is 33.4 Å². The van der Waals surface area contributed by atoms with E-state index in [1.807, 2.05) is 97.1 Å². The normalized spacial score (nSPS) is 11.3. The largest absolute Gasteiger partial charge is 0.508 e. The highest BCUT2D eigenvalue weighted by molar-refractivity contribution is 5.88. The van der Waals surface area contributed by atoms with Gasteiger partial charge in [0.15, 0.2) is 0 Å². The Bertz CT molecular complexity index is 1090. The van der Waals surface area contributed by atoms with Gasteiger partial charge in [-0.3, -0.25) is 0 Å². The quantitative estimate of drug-likeness (QED) is 0.357. The van der Waals surface area contributed by atoms with Crippen LogP contribution < -0.4 is 0 Å². The average Bonchev–Trinajstić information content (AvgIpc) is 2.79. The molecule has 0 heterocycles. The summed E-state index contributed by atoms with van der Waals surface area (Å²) >= 11 is 0. The number of aromatic hydroxyl groups is 2. The van der Waals surface area contributed by atoms with E-state index >= 15 is 0 Å². The zero-order chi connectivity index (χ0) is 20.8. The van der Waals surface area contributed by atoms with Crippen LogP contribution in [0.15, 0.2) is 97.1 Å². The van der Waals surface area contributed by atoms with Crippen LogP contribution in [0.3, 0.4) is 0 Å². The molecule has 4 aromatic carbocycles. The lowest BCUT2D eigenvalue weighted by atomic mass is 9.93. The molecule has 0 saturated heterocycles. The monoisotopic (exact) mass is 390 g/mol. The van der Waals surface area contributed by atoms with E-state index in [1.54, 1.807) is 24.3 Å². The first-order valence-electron chi connectivity index (χ1n) is 9.82. The topological polar surface area (TPSA) is 40.5 Å². The molecule has 0 aromatic heterocycles. The third-order valence-electron chi connectivity index (χ3n) is 4.87. The van der Waals surface area contributed by atoms with E-state index in [1.165, 1.54) is 0 Å². The van der Waals surface area contributed by atoms with Gasteiger partial charge in [-0.1, -0.05) is 97.1 Å². The first-order chi connectivity index (χ1) is 14.7. The Morgan fingerprint density at radius 2 is 0.833 bits per heavy atom. The fraction of sp³-hybridized carbons (Fsp3) is 0. The molecule has 2 N–H and O–H groups in total. The van der Waals surface area contributed by atoms with Crippen molar-refractivity contribution < 1.29 is 10.2 Å². The van der Waals surface area contributed by atoms with Crippen molar-refractivity contribution in [3.05, 3.63) is 119 Å². The van der Waals surface area contributed by atoms with Gasteiger partial charge < -0.3 is 10.2 Å². The van der Waals surface area contributed by atoms with Crippen molar-refractivity contribution >= 4 is 24.3 Å². The molecule has 0 aliphatic heterocycles. The predicted octanol–water partition coefficient (Wildman–Crippen LogP) is 7.11. The summed E-state index contributed by atoms with van der Waals surface area (Å²) < 4.78 is 0. The Morgan fingerprint density at radius 3 is 1.23 bits per heavy atom. The summed E-state index contributed by atoms with van der Waals surface area (Å²) in [7, 11) is 0. The molecule has 0 amide bonds. The molecule has 0 radical (unpaired) electrons. The molecule has 2 heteroatoms. The van der Waals surface area contributed by atoms with Crippen molar-refractivity contribution in [2.24, 2.45) is 0 Å². The minimum absolute atomic E-state index is 0.184. The van der Waals surface area contributed by atoms with E-state index in [9.17, 15) is 10.2 Å². The second kappa shape index (κ2) is 8.97. The molecule has 0 fully saturated rings. The number of phenolic OH excluding ortho intramolecular Hbond substituents is 2. The fourth-order valence-electron chi connectivity index (χ4n) is 3.35. The molecular weight excluding hydrogens is 368 g/mol. The number of rotatable bonds is 5. The van der Waals surface area contributed by atoms with Crippen LogP contribution in [0, 0.1) is 0 Å². The first kappa shape index (κ1) is 19.3. The molecule has 0 atom stereocenters. The lowest BCUT2D eigenvalue weighted by molar-refractivity contribution is 0.474.